The highest BCUT2D eigenvalue weighted by Gasteiger charge is 2.26. The summed E-state index contributed by atoms with van der Waals surface area (Å²) < 4.78 is 0. The molecule has 0 aliphatic heterocycles. The van der Waals surface area contributed by atoms with Crippen molar-refractivity contribution in [3.63, 3.8) is 0 Å². The highest BCUT2D eigenvalue weighted by atomic mass is 16.3. The van der Waals surface area contributed by atoms with Crippen molar-refractivity contribution in [3.05, 3.63) is 0 Å². The van der Waals surface area contributed by atoms with Gasteiger partial charge in [0.1, 0.15) is 6.10 Å². The number of hydrogen-bond acceptors (Lipinski definition) is 4. The smallest absolute Gasteiger partial charge is 0.220 e. The molecule has 0 aliphatic rings. The summed E-state index contributed by atoms with van der Waals surface area (Å²) in [5, 5.41) is 33.4. The van der Waals surface area contributed by atoms with Gasteiger partial charge in [0.25, 0.3) is 0 Å². The summed E-state index contributed by atoms with van der Waals surface area (Å²) in [4.78, 5) is 12.4. The van der Waals surface area contributed by atoms with Crippen LogP contribution < -0.4 is 5.32 Å². The lowest BCUT2D eigenvalue weighted by Crippen LogP contribution is -2.50. The molecule has 0 aromatic heterocycles. The first kappa shape index (κ1) is 47.4. The van der Waals surface area contributed by atoms with Crippen molar-refractivity contribution in [1.82, 2.24) is 5.32 Å². The third-order valence-electron chi connectivity index (χ3n) is 10.5. The van der Waals surface area contributed by atoms with Crippen molar-refractivity contribution in [2.75, 3.05) is 6.61 Å². The lowest BCUT2D eigenvalue weighted by molar-refractivity contribution is -0.124. The van der Waals surface area contributed by atoms with Crippen LogP contribution in [0.1, 0.15) is 245 Å². The summed E-state index contributed by atoms with van der Waals surface area (Å²) in [6.45, 7) is 4.18. The second-order valence-electron chi connectivity index (χ2n) is 15.3. The van der Waals surface area contributed by atoms with Gasteiger partial charge in [-0.1, -0.05) is 226 Å². The SMILES string of the molecule is CCCCCCCCCCCCCCCCCCCCCCCCCCC(=O)NC(CO)C(O)C(O)CCCCCCCCCCCC. The standard InChI is InChI=1S/C43H87NO4/c1-3-5-7-9-11-13-15-16-17-18-19-20-21-22-23-24-25-26-27-28-30-32-34-36-38-42(47)44-40(39-45)43(48)41(46)37-35-33-31-29-14-12-10-8-6-4-2/h40-41,43,45-46,48H,3-39H2,1-2H3,(H,44,47). The van der Waals surface area contributed by atoms with Crippen LogP contribution in [0.5, 0.6) is 0 Å². The van der Waals surface area contributed by atoms with Crippen LogP contribution in [0.3, 0.4) is 0 Å². The maximum atomic E-state index is 12.4. The minimum Gasteiger partial charge on any atom is -0.394 e. The number of unbranched alkanes of at least 4 members (excludes halogenated alkanes) is 32. The van der Waals surface area contributed by atoms with E-state index in [-0.39, 0.29) is 12.5 Å². The highest BCUT2D eigenvalue weighted by molar-refractivity contribution is 5.76. The van der Waals surface area contributed by atoms with Gasteiger partial charge in [-0.25, -0.2) is 0 Å². The number of amides is 1. The predicted molar refractivity (Wildman–Crippen MR) is 209 cm³/mol. The average Bonchev–Trinajstić information content (AvgIpc) is 3.09. The number of rotatable bonds is 40. The first-order chi connectivity index (χ1) is 23.6. The second-order valence-corrected chi connectivity index (χ2v) is 15.3. The molecule has 0 spiro atoms. The summed E-state index contributed by atoms with van der Waals surface area (Å²) in [6.07, 6.45) is 43.7. The molecule has 4 N–H and O–H groups in total. The molecule has 1 amide bonds. The quantitative estimate of drug-likeness (QED) is 0.0485. The van der Waals surface area contributed by atoms with Crippen LogP contribution in [0, 0.1) is 0 Å². The molecule has 5 nitrogen and oxygen atoms in total. The number of aliphatic hydroxyl groups is 3. The second kappa shape index (κ2) is 39.1. The Morgan fingerprint density at radius 2 is 0.708 bits per heavy atom. The molecular weight excluding hydrogens is 594 g/mol. The largest absolute Gasteiger partial charge is 0.394 e. The number of aliphatic hydroxyl groups excluding tert-OH is 3. The Kier molecular flexibility index (Phi) is 38.6. The first-order valence-corrected chi connectivity index (χ1v) is 21.8. The van der Waals surface area contributed by atoms with Crippen molar-refractivity contribution in [2.45, 2.75) is 263 Å². The summed E-state index contributed by atoms with van der Waals surface area (Å²) in [6, 6.07) is -0.801. The van der Waals surface area contributed by atoms with Gasteiger partial charge in [0.2, 0.25) is 5.91 Å². The van der Waals surface area contributed by atoms with Gasteiger partial charge in [-0.15, -0.1) is 0 Å². The maximum absolute atomic E-state index is 12.4. The van der Waals surface area contributed by atoms with Crippen LogP contribution >= 0.6 is 0 Å². The minimum atomic E-state index is -1.13. The minimum absolute atomic E-state index is 0.141. The van der Waals surface area contributed by atoms with Crippen molar-refractivity contribution >= 4 is 5.91 Å². The van der Waals surface area contributed by atoms with Crippen molar-refractivity contribution < 1.29 is 20.1 Å². The maximum Gasteiger partial charge on any atom is 0.220 e. The molecule has 0 aromatic carbocycles. The number of hydrogen-bond donors (Lipinski definition) is 4. The Balaban J connectivity index is 3.51. The fourth-order valence-electron chi connectivity index (χ4n) is 7.05. The number of nitrogens with one attached hydrogen (secondary N) is 1. The van der Waals surface area contributed by atoms with E-state index in [2.05, 4.69) is 19.2 Å². The zero-order chi connectivity index (χ0) is 35.2. The van der Waals surface area contributed by atoms with E-state index in [1.807, 2.05) is 0 Å². The zero-order valence-electron chi connectivity index (χ0n) is 32.6. The van der Waals surface area contributed by atoms with Crippen molar-refractivity contribution in [2.24, 2.45) is 0 Å². The summed E-state index contributed by atoms with van der Waals surface area (Å²) in [5.74, 6) is -0.141. The first-order valence-electron chi connectivity index (χ1n) is 21.8. The van der Waals surface area contributed by atoms with Gasteiger partial charge in [0.05, 0.1) is 18.8 Å². The lowest BCUT2D eigenvalue weighted by Gasteiger charge is -2.26. The Hall–Kier alpha value is -0.650. The average molecular weight is 682 g/mol. The van der Waals surface area contributed by atoms with E-state index in [9.17, 15) is 20.1 Å². The van der Waals surface area contributed by atoms with Gasteiger partial charge in [0, 0.05) is 6.42 Å². The third-order valence-corrected chi connectivity index (χ3v) is 10.5. The summed E-state index contributed by atoms with van der Waals surface area (Å²) in [5.41, 5.74) is 0. The van der Waals surface area contributed by atoms with Crippen molar-refractivity contribution in [3.8, 4) is 0 Å². The van der Waals surface area contributed by atoms with Gasteiger partial charge in [-0.05, 0) is 12.8 Å². The molecule has 0 heterocycles. The van der Waals surface area contributed by atoms with Crippen LogP contribution in [0.15, 0.2) is 0 Å². The van der Waals surface area contributed by atoms with Crippen LogP contribution in [0.4, 0.5) is 0 Å². The van der Waals surface area contributed by atoms with E-state index in [1.165, 1.54) is 180 Å². The Morgan fingerprint density at radius 1 is 0.438 bits per heavy atom. The Morgan fingerprint density at radius 3 is 1.00 bits per heavy atom. The molecule has 0 saturated heterocycles. The van der Waals surface area contributed by atoms with Gasteiger partial charge in [-0.3, -0.25) is 4.79 Å². The van der Waals surface area contributed by atoms with Crippen LogP contribution in [-0.4, -0.2) is 46.1 Å². The van der Waals surface area contributed by atoms with Gasteiger partial charge >= 0.3 is 0 Å². The molecule has 3 unspecified atom stereocenters. The number of carbonyl (C=O) groups excluding carboxylic acids is 1. The molecule has 0 bridgehead atoms. The van der Waals surface area contributed by atoms with E-state index < -0.39 is 18.2 Å². The molecule has 0 aromatic rings. The highest BCUT2D eigenvalue weighted by Crippen LogP contribution is 2.17. The molecule has 48 heavy (non-hydrogen) atoms. The van der Waals surface area contributed by atoms with E-state index in [4.69, 9.17) is 0 Å². The zero-order valence-corrected chi connectivity index (χ0v) is 32.6. The van der Waals surface area contributed by atoms with E-state index >= 15 is 0 Å². The van der Waals surface area contributed by atoms with Gasteiger partial charge < -0.3 is 20.6 Å². The van der Waals surface area contributed by atoms with Gasteiger partial charge in [-0.2, -0.15) is 0 Å². The van der Waals surface area contributed by atoms with Crippen LogP contribution in [-0.2, 0) is 4.79 Å². The monoisotopic (exact) mass is 682 g/mol. The summed E-state index contributed by atoms with van der Waals surface area (Å²) in [7, 11) is 0. The Labute approximate surface area is 300 Å². The molecule has 0 fully saturated rings. The molecule has 5 heteroatoms. The molecular formula is C43H87NO4. The normalized spacial score (nSPS) is 13.5. The van der Waals surface area contributed by atoms with E-state index in [1.54, 1.807) is 0 Å². The fraction of sp³-hybridized carbons (Fsp3) is 0.977. The van der Waals surface area contributed by atoms with E-state index in [0.717, 1.165) is 38.5 Å². The molecule has 0 radical (unpaired) electrons. The fourth-order valence-corrected chi connectivity index (χ4v) is 7.05. The molecule has 0 rings (SSSR count). The predicted octanol–water partition coefficient (Wildman–Crippen LogP) is 12.3. The topological polar surface area (TPSA) is 89.8 Å². The molecule has 0 saturated carbocycles. The number of carbonyl (C=O) groups is 1. The van der Waals surface area contributed by atoms with Crippen LogP contribution in [0.25, 0.3) is 0 Å². The molecule has 3 atom stereocenters. The van der Waals surface area contributed by atoms with Gasteiger partial charge in [0.15, 0.2) is 0 Å². The van der Waals surface area contributed by atoms with Crippen molar-refractivity contribution in [1.29, 1.82) is 0 Å². The summed E-state index contributed by atoms with van der Waals surface area (Å²) >= 11 is 0. The van der Waals surface area contributed by atoms with E-state index in [0.29, 0.717) is 12.8 Å². The lowest BCUT2D eigenvalue weighted by atomic mass is 9.99. The third kappa shape index (κ3) is 33.8. The van der Waals surface area contributed by atoms with Crippen LogP contribution in [0.2, 0.25) is 0 Å². The Bertz CT molecular complexity index is 630. The molecule has 0 aliphatic carbocycles. The molecule has 288 valence electrons.